The van der Waals surface area contributed by atoms with E-state index in [2.05, 4.69) is 20.3 Å². The van der Waals surface area contributed by atoms with Crippen LogP contribution in [0.3, 0.4) is 0 Å². The van der Waals surface area contributed by atoms with Crippen molar-refractivity contribution in [2.24, 2.45) is 10.2 Å². The van der Waals surface area contributed by atoms with E-state index >= 15 is 0 Å². The molecule has 0 aliphatic carbocycles. The fourth-order valence-electron chi connectivity index (χ4n) is 3.49. The first-order valence-electron chi connectivity index (χ1n) is 10.7. The number of benzene rings is 3. The number of rotatable bonds is 7. The van der Waals surface area contributed by atoms with Gasteiger partial charge < -0.3 is 14.8 Å². The fraction of sp³-hybridized carbons (Fsp3) is 0.111. The normalized spacial score (nSPS) is 14.9. The Morgan fingerprint density at radius 3 is 2.26 bits per heavy atom. The topological polar surface area (TPSA) is 89.3 Å². The molecule has 7 nitrogen and oxygen atoms in total. The lowest BCUT2D eigenvalue weighted by molar-refractivity contribution is -0.122. The number of nitrogens with one attached hydrogen (secondary N) is 1. The van der Waals surface area contributed by atoms with Gasteiger partial charge in [-0.15, -0.1) is 5.10 Å². The van der Waals surface area contributed by atoms with Crippen LogP contribution in [0.25, 0.3) is 6.08 Å². The molecule has 4 rings (SSSR count). The lowest BCUT2D eigenvalue weighted by atomic mass is 9.90. The smallest absolute Gasteiger partial charge is 0.337 e. The van der Waals surface area contributed by atoms with Crippen LogP contribution in [0.1, 0.15) is 33.0 Å². The largest absolute Gasteiger partial charge is 0.469 e. The molecular weight excluding hydrogens is 430 g/mol. The van der Waals surface area contributed by atoms with E-state index in [0.29, 0.717) is 11.5 Å². The van der Waals surface area contributed by atoms with Crippen molar-refractivity contribution in [1.29, 1.82) is 0 Å². The highest BCUT2D eigenvalue weighted by Gasteiger charge is 2.31. The fourth-order valence-corrected chi connectivity index (χ4v) is 3.49. The van der Waals surface area contributed by atoms with Crippen molar-refractivity contribution in [2.75, 3.05) is 13.7 Å². The van der Waals surface area contributed by atoms with Gasteiger partial charge in [-0.25, -0.2) is 4.79 Å². The molecule has 1 aliphatic rings. The van der Waals surface area contributed by atoms with Crippen LogP contribution < -0.4 is 5.32 Å². The van der Waals surface area contributed by atoms with Crippen LogP contribution in [0.4, 0.5) is 0 Å². The first-order chi connectivity index (χ1) is 16.7. The first kappa shape index (κ1) is 22.7. The standard InChI is InChI=1S/C27H23N3O4/c1-33-27(32)22-14-12-19(13-15-22)16-17-28-23(31)18-34-26-24(20-8-4-2-5-9-20)25(29-30-26)21-10-6-3-7-11-21/h2-17,24H,18H2,1H3,(H,28,31)/b17-16+. The molecule has 1 N–H and O–H groups in total. The molecule has 0 bridgehead atoms. The van der Waals surface area contributed by atoms with Gasteiger partial charge in [-0.2, -0.15) is 5.10 Å². The molecule has 3 aromatic carbocycles. The summed E-state index contributed by atoms with van der Waals surface area (Å²) >= 11 is 0. The maximum Gasteiger partial charge on any atom is 0.337 e. The van der Waals surface area contributed by atoms with Crippen molar-refractivity contribution in [1.82, 2.24) is 5.32 Å². The monoisotopic (exact) mass is 453 g/mol. The van der Waals surface area contributed by atoms with E-state index in [1.54, 1.807) is 30.3 Å². The van der Waals surface area contributed by atoms with E-state index in [4.69, 9.17) is 4.74 Å². The number of amides is 1. The highest BCUT2D eigenvalue weighted by molar-refractivity contribution is 6.19. The van der Waals surface area contributed by atoms with Crippen molar-refractivity contribution < 1.29 is 19.1 Å². The van der Waals surface area contributed by atoms with E-state index in [9.17, 15) is 9.59 Å². The van der Waals surface area contributed by atoms with Crippen molar-refractivity contribution >= 4 is 29.6 Å². The second kappa shape index (κ2) is 10.9. The van der Waals surface area contributed by atoms with Gasteiger partial charge in [0.2, 0.25) is 5.90 Å². The number of ether oxygens (including phenoxy) is 2. The number of carbonyl (C=O) groups is 2. The maximum atomic E-state index is 12.3. The van der Waals surface area contributed by atoms with E-state index < -0.39 is 5.97 Å². The summed E-state index contributed by atoms with van der Waals surface area (Å²) in [5, 5.41) is 11.3. The average molecular weight is 453 g/mol. The molecule has 0 radical (unpaired) electrons. The molecule has 1 atom stereocenters. The maximum absolute atomic E-state index is 12.3. The van der Waals surface area contributed by atoms with Crippen molar-refractivity contribution in [3.05, 3.63) is 113 Å². The predicted octanol–water partition coefficient (Wildman–Crippen LogP) is 4.18. The van der Waals surface area contributed by atoms with Gasteiger partial charge in [0.25, 0.3) is 5.91 Å². The predicted molar refractivity (Wildman–Crippen MR) is 131 cm³/mol. The van der Waals surface area contributed by atoms with E-state index in [1.807, 2.05) is 60.7 Å². The number of esters is 1. The van der Waals surface area contributed by atoms with E-state index in [-0.39, 0.29) is 18.4 Å². The molecule has 7 heteroatoms. The minimum Gasteiger partial charge on any atom is -0.469 e. The molecule has 1 aliphatic heterocycles. The average Bonchev–Trinajstić information content (AvgIpc) is 3.32. The molecule has 170 valence electrons. The lowest BCUT2D eigenvalue weighted by Crippen LogP contribution is -2.28. The second-order valence-electron chi connectivity index (χ2n) is 7.44. The highest BCUT2D eigenvalue weighted by Crippen LogP contribution is 2.28. The number of hydrogen-bond acceptors (Lipinski definition) is 6. The van der Waals surface area contributed by atoms with Crippen LogP contribution in [0.5, 0.6) is 0 Å². The van der Waals surface area contributed by atoms with Crippen LogP contribution in [-0.4, -0.2) is 37.2 Å². The minimum atomic E-state index is -0.399. The third-order valence-corrected chi connectivity index (χ3v) is 5.18. The van der Waals surface area contributed by atoms with E-state index in [0.717, 1.165) is 22.4 Å². The van der Waals surface area contributed by atoms with Gasteiger partial charge in [-0.1, -0.05) is 72.8 Å². The Labute approximate surface area is 197 Å². The Hall–Kier alpha value is -4.52. The lowest BCUT2D eigenvalue weighted by Gasteiger charge is -2.16. The molecule has 34 heavy (non-hydrogen) atoms. The van der Waals surface area contributed by atoms with Gasteiger partial charge in [-0.05, 0) is 34.9 Å². The van der Waals surface area contributed by atoms with Crippen molar-refractivity contribution in [3.63, 3.8) is 0 Å². The van der Waals surface area contributed by atoms with Gasteiger partial charge in [-0.3, -0.25) is 4.79 Å². The van der Waals surface area contributed by atoms with E-state index in [1.165, 1.54) is 13.3 Å². The van der Waals surface area contributed by atoms with Gasteiger partial charge >= 0.3 is 5.97 Å². The summed E-state index contributed by atoms with van der Waals surface area (Å²) in [6, 6.07) is 26.4. The summed E-state index contributed by atoms with van der Waals surface area (Å²) in [6.45, 7) is -0.203. The van der Waals surface area contributed by atoms with Crippen LogP contribution >= 0.6 is 0 Å². The summed E-state index contributed by atoms with van der Waals surface area (Å²) in [4.78, 5) is 23.8. The van der Waals surface area contributed by atoms with Crippen LogP contribution in [0.15, 0.2) is 101 Å². The van der Waals surface area contributed by atoms with Gasteiger partial charge in [0.05, 0.1) is 18.4 Å². The number of nitrogens with zero attached hydrogens (tertiary/aromatic N) is 2. The third kappa shape index (κ3) is 5.45. The molecule has 0 fully saturated rings. The Kier molecular flexibility index (Phi) is 7.25. The second-order valence-corrected chi connectivity index (χ2v) is 7.44. The summed E-state index contributed by atoms with van der Waals surface area (Å²) < 4.78 is 10.5. The Morgan fingerprint density at radius 1 is 0.912 bits per heavy atom. The van der Waals surface area contributed by atoms with Crippen LogP contribution in [-0.2, 0) is 14.3 Å². The molecule has 1 unspecified atom stereocenters. The molecule has 1 heterocycles. The van der Waals surface area contributed by atoms with Crippen molar-refractivity contribution in [3.8, 4) is 0 Å². The molecule has 0 saturated heterocycles. The number of hydrogen-bond donors (Lipinski definition) is 1. The molecule has 0 saturated carbocycles. The molecule has 0 spiro atoms. The number of methoxy groups -OCH3 is 1. The summed E-state index contributed by atoms with van der Waals surface area (Å²) in [7, 11) is 1.33. The third-order valence-electron chi connectivity index (χ3n) is 5.18. The molecular formula is C27H23N3O4. The summed E-state index contributed by atoms with van der Waals surface area (Å²) in [5.41, 5.74) is 3.98. The van der Waals surface area contributed by atoms with Crippen molar-refractivity contribution in [2.45, 2.75) is 5.92 Å². The number of carbonyl (C=O) groups excluding carboxylic acids is 2. The van der Waals surface area contributed by atoms with Gasteiger partial charge in [0.1, 0.15) is 5.92 Å². The van der Waals surface area contributed by atoms with Crippen LogP contribution in [0, 0.1) is 0 Å². The zero-order valence-corrected chi connectivity index (χ0v) is 18.5. The Bertz CT molecular complexity index is 1230. The highest BCUT2D eigenvalue weighted by atomic mass is 16.5. The zero-order valence-electron chi connectivity index (χ0n) is 18.5. The quantitative estimate of drug-likeness (QED) is 0.544. The van der Waals surface area contributed by atoms with Gasteiger partial charge in [0.15, 0.2) is 6.61 Å². The Morgan fingerprint density at radius 2 is 1.59 bits per heavy atom. The molecule has 3 aromatic rings. The Balaban J connectivity index is 1.36. The molecule has 1 amide bonds. The summed E-state index contributed by atoms with van der Waals surface area (Å²) in [6.07, 6.45) is 3.24. The SMILES string of the molecule is COC(=O)c1ccc(/C=C/NC(=O)COC2=NN=C(c3ccccc3)C2c2ccccc2)cc1. The van der Waals surface area contributed by atoms with Gasteiger partial charge in [0, 0.05) is 6.20 Å². The minimum absolute atomic E-state index is 0.203. The first-order valence-corrected chi connectivity index (χ1v) is 10.7. The zero-order chi connectivity index (χ0) is 23.8. The molecule has 0 aromatic heterocycles. The summed E-state index contributed by atoms with van der Waals surface area (Å²) in [5.74, 6) is -0.642. The van der Waals surface area contributed by atoms with Crippen LogP contribution in [0.2, 0.25) is 0 Å².